The maximum absolute atomic E-state index is 5.51. The summed E-state index contributed by atoms with van der Waals surface area (Å²) in [6.45, 7) is 4.03. The minimum absolute atomic E-state index is 0.0159. The Morgan fingerprint density at radius 1 is 0.853 bits per heavy atom. The van der Waals surface area contributed by atoms with E-state index in [1.165, 1.54) is 10.9 Å². The van der Waals surface area contributed by atoms with Crippen LogP contribution in [0, 0.1) is 6.92 Å². The molecular formula is C28H26N4O2. The molecule has 2 aromatic heterocycles. The number of hydrogen-bond donors (Lipinski definition) is 1. The van der Waals surface area contributed by atoms with Gasteiger partial charge in [0.05, 0.1) is 19.7 Å². The molecule has 0 fully saturated rings. The van der Waals surface area contributed by atoms with Crippen LogP contribution in [0.2, 0.25) is 0 Å². The maximum Gasteiger partial charge on any atom is 0.162 e. The summed E-state index contributed by atoms with van der Waals surface area (Å²) in [6, 6.07) is 20.8. The van der Waals surface area contributed by atoms with Crippen LogP contribution < -0.4 is 14.8 Å². The van der Waals surface area contributed by atoms with E-state index in [4.69, 9.17) is 14.5 Å². The number of hydrogen-bond acceptors (Lipinski definition) is 6. The van der Waals surface area contributed by atoms with Crippen LogP contribution in [-0.2, 0) is 0 Å². The van der Waals surface area contributed by atoms with Gasteiger partial charge in [-0.2, -0.15) is 0 Å². The molecule has 6 nitrogen and oxygen atoms in total. The molecule has 0 saturated carbocycles. The number of nitrogens with zero attached hydrogens (tertiary/aromatic N) is 3. The van der Waals surface area contributed by atoms with Crippen molar-refractivity contribution in [1.29, 1.82) is 0 Å². The average Bonchev–Trinajstić information content (AvgIpc) is 2.87. The number of fused-ring (bicyclic) bond motifs is 2. The molecule has 0 aliphatic carbocycles. The molecule has 0 aliphatic rings. The lowest BCUT2D eigenvalue weighted by Crippen LogP contribution is -2.10. The molecule has 6 heteroatoms. The predicted molar refractivity (Wildman–Crippen MR) is 137 cm³/mol. The molecule has 170 valence electrons. The van der Waals surface area contributed by atoms with Gasteiger partial charge >= 0.3 is 0 Å². The van der Waals surface area contributed by atoms with Crippen LogP contribution in [0.25, 0.3) is 32.8 Å². The molecule has 2 heterocycles. The van der Waals surface area contributed by atoms with Crippen molar-refractivity contribution in [3.05, 3.63) is 84.4 Å². The van der Waals surface area contributed by atoms with Gasteiger partial charge in [0.2, 0.25) is 0 Å². The normalized spacial score (nSPS) is 12.0. The van der Waals surface area contributed by atoms with Crippen molar-refractivity contribution in [1.82, 2.24) is 15.0 Å². The zero-order valence-corrected chi connectivity index (χ0v) is 19.7. The molecule has 1 unspecified atom stereocenters. The van der Waals surface area contributed by atoms with Gasteiger partial charge in [0.25, 0.3) is 0 Å². The monoisotopic (exact) mass is 450 g/mol. The van der Waals surface area contributed by atoms with Crippen molar-refractivity contribution in [2.45, 2.75) is 19.9 Å². The Morgan fingerprint density at radius 3 is 2.47 bits per heavy atom. The maximum atomic E-state index is 5.51. The van der Waals surface area contributed by atoms with E-state index in [-0.39, 0.29) is 6.04 Å². The fourth-order valence-electron chi connectivity index (χ4n) is 4.32. The molecule has 5 aromatic rings. The van der Waals surface area contributed by atoms with Gasteiger partial charge in [-0.3, -0.25) is 4.98 Å². The van der Waals surface area contributed by atoms with Crippen LogP contribution in [0.4, 0.5) is 5.82 Å². The summed E-state index contributed by atoms with van der Waals surface area (Å²) >= 11 is 0. The van der Waals surface area contributed by atoms with Crippen molar-refractivity contribution in [3.63, 3.8) is 0 Å². The Morgan fingerprint density at radius 2 is 1.65 bits per heavy atom. The third-order valence-electron chi connectivity index (χ3n) is 6.04. The highest BCUT2D eigenvalue weighted by Gasteiger charge is 2.15. The summed E-state index contributed by atoms with van der Waals surface area (Å²) in [5.41, 5.74) is 4.32. The number of anilines is 1. The number of aryl methyl sites for hydroxylation is 1. The smallest absolute Gasteiger partial charge is 0.162 e. The van der Waals surface area contributed by atoms with Gasteiger partial charge in [-0.1, -0.05) is 36.4 Å². The van der Waals surface area contributed by atoms with Gasteiger partial charge in [0.1, 0.15) is 11.6 Å². The lowest BCUT2D eigenvalue weighted by Gasteiger charge is -2.19. The van der Waals surface area contributed by atoms with E-state index in [0.29, 0.717) is 17.3 Å². The fraction of sp³-hybridized carbons (Fsp3) is 0.179. The lowest BCUT2D eigenvalue weighted by molar-refractivity contribution is 0.356. The van der Waals surface area contributed by atoms with Gasteiger partial charge < -0.3 is 14.8 Å². The molecular weight excluding hydrogens is 424 g/mol. The van der Waals surface area contributed by atoms with Crippen molar-refractivity contribution >= 4 is 27.5 Å². The summed E-state index contributed by atoms with van der Waals surface area (Å²) in [5, 5.41) is 6.79. The second-order valence-electron chi connectivity index (χ2n) is 8.24. The van der Waals surface area contributed by atoms with Crippen LogP contribution in [0.5, 0.6) is 11.5 Å². The number of aromatic nitrogens is 3. The number of ether oxygens (including phenoxy) is 2. The average molecular weight is 451 g/mol. The second kappa shape index (κ2) is 8.98. The van der Waals surface area contributed by atoms with E-state index in [0.717, 1.165) is 33.2 Å². The van der Waals surface area contributed by atoms with E-state index in [2.05, 4.69) is 70.7 Å². The lowest BCUT2D eigenvalue weighted by atomic mass is 9.96. The van der Waals surface area contributed by atoms with Crippen LogP contribution in [0.15, 0.2) is 73.1 Å². The highest BCUT2D eigenvalue weighted by molar-refractivity contribution is 5.96. The highest BCUT2D eigenvalue weighted by atomic mass is 16.5. The third kappa shape index (κ3) is 3.99. The summed E-state index contributed by atoms with van der Waals surface area (Å²) in [7, 11) is 3.25. The molecule has 5 rings (SSSR count). The Balaban J connectivity index is 1.52. The molecule has 0 aliphatic heterocycles. The first-order chi connectivity index (χ1) is 16.6. The third-order valence-corrected chi connectivity index (χ3v) is 6.04. The molecule has 0 amide bonds. The molecule has 34 heavy (non-hydrogen) atoms. The van der Waals surface area contributed by atoms with Gasteiger partial charge in [0, 0.05) is 35.3 Å². The number of pyridine rings is 1. The summed E-state index contributed by atoms with van der Waals surface area (Å²) in [6.07, 6.45) is 3.74. The Hall–Kier alpha value is -4.19. The zero-order valence-electron chi connectivity index (χ0n) is 19.7. The quantitative estimate of drug-likeness (QED) is 0.325. The minimum Gasteiger partial charge on any atom is -0.493 e. The fourth-order valence-corrected chi connectivity index (χ4v) is 4.32. The van der Waals surface area contributed by atoms with Crippen molar-refractivity contribution in [2.24, 2.45) is 0 Å². The number of benzene rings is 3. The van der Waals surface area contributed by atoms with Crippen LogP contribution in [0.1, 0.15) is 24.4 Å². The first-order valence-electron chi connectivity index (χ1n) is 11.2. The summed E-state index contributed by atoms with van der Waals surface area (Å²) < 4.78 is 11.0. The summed E-state index contributed by atoms with van der Waals surface area (Å²) in [5.74, 6) is 2.74. The first kappa shape index (κ1) is 21.6. The van der Waals surface area contributed by atoms with Crippen LogP contribution >= 0.6 is 0 Å². The van der Waals surface area contributed by atoms with Gasteiger partial charge in [0.15, 0.2) is 11.5 Å². The number of nitrogens with one attached hydrogen (secondary N) is 1. The van der Waals surface area contributed by atoms with Crippen LogP contribution in [0.3, 0.4) is 0 Å². The Labute approximate surface area is 198 Å². The molecule has 0 saturated heterocycles. The standard InChI is InChI=1S/C28H26N4O2/c1-17(30-28-24-14-26(33-3)27(34-4)15-25(24)31-18(2)32-28)19-7-5-8-20(13-19)22-10-6-9-21-16-29-12-11-23(21)22/h5-17H,1-4H3,(H,30,31,32). The first-order valence-corrected chi connectivity index (χ1v) is 11.2. The van der Waals surface area contributed by atoms with E-state index in [9.17, 15) is 0 Å². The van der Waals surface area contributed by atoms with Crippen molar-refractivity contribution in [3.8, 4) is 22.6 Å². The van der Waals surface area contributed by atoms with Gasteiger partial charge in [-0.15, -0.1) is 0 Å². The van der Waals surface area contributed by atoms with E-state index >= 15 is 0 Å². The van der Waals surface area contributed by atoms with E-state index < -0.39 is 0 Å². The number of rotatable bonds is 6. The molecule has 1 atom stereocenters. The topological polar surface area (TPSA) is 69.2 Å². The molecule has 1 N–H and O–H groups in total. The van der Waals surface area contributed by atoms with E-state index in [1.54, 1.807) is 14.2 Å². The van der Waals surface area contributed by atoms with Crippen molar-refractivity contribution in [2.75, 3.05) is 19.5 Å². The molecule has 0 radical (unpaired) electrons. The SMILES string of the molecule is COc1cc2nc(C)nc(NC(C)c3cccc(-c4cccc5cnccc45)c3)c2cc1OC. The highest BCUT2D eigenvalue weighted by Crippen LogP contribution is 2.35. The summed E-state index contributed by atoms with van der Waals surface area (Å²) in [4.78, 5) is 13.5. The van der Waals surface area contributed by atoms with Crippen molar-refractivity contribution < 1.29 is 9.47 Å². The number of methoxy groups -OCH3 is 2. The van der Waals surface area contributed by atoms with Gasteiger partial charge in [-0.25, -0.2) is 9.97 Å². The molecule has 0 spiro atoms. The zero-order chi connectivity index (χ0) is 23.7. The van der Waals surface area contributed by atoms with Crippen LogP contribution in [-0.4, -0.2) is 29.2 Å². The molecule has 3 aromatic carbocycles. The second-order valence-corrected chi connectivity index (χ2v) is 8.24. The largest absolute Gasteiger partial charge is 0.493 e. The van der Waals surface area contributed by atoms with E-state index in [1.807, 2.05) is 31.5 Å². The predicted octanol–water partition coefficient (Wildman–Crippen LogP) is 6.34. The molecule has 0 bridgehead atoms. The minimum atomic E-state index is 0.0159. The Bertz CT molecular complexity index is 1490. The Kier molecular flexibility index (Phi) is 5.72. The van der Waals surface area contributed by atoms with Gasteiger partial charge in [-0.05, 0) is 54.1 Å².